The molecule has 1 saturated heterocycles. The van der Waals surface area contributed by atoms with Crippen LogP contribution in [0.3, 0.4) is 0 Å². The zero-order valence-electron chi connectivity index (χ0n) is 13.3. The quantitative estimate of drug-likeness (QED) is 0.465. The average molecular weight is 416 g/mol. The number of ether oxygens (including phenoxy) is 1. The van der Waals surface area contributed by atoms with Crippen molar-refractivity contribution in [1.29, 1.82) is 0 Å². The van der Waals surface area contributed by atoms with Crippen LogP contribution in [0.4, 0.5) is 0 Å². The van der Waals surface area contributed by atoms with Gasteiger partial charge in [-0.05, 0) is 65.4 Å². The zero-order valence-corrected chi connectivity index (χ0v) is 15.7. The summed E-state index contributed by atoms with van der Waals surface area (Å²) in [5.41, 5.74) is 1.84. The molecule has 1 aliphatic heterocycles. The van der Waals surface area contributed by atoms with Crippen LogP contribution in [-0.4, -0.2) is 24.4 Å². The number of thioether (sulfide) groups is 1. The van der Waals surface area contributed by atoms with Gasteiger partial charge in [-0.2, -0.15) is 5.10 Å². The maximum absolute atomic E-state index is 12.0. The van der Waals surface area contributed by atoms with Gasteiger partial charge in [0, 0.05) is 4.47 Å². The highest BCUT2D eigenvalue weighted by Crippen LogP contribution is 2.26. The van der Waals surface area contributed by atoms with Crippen LogP contribution in [-0.2, 0) is 4.79 Å². The number of halogens is 1. The highest BCUT2D eigenvalue weighted by molar-refractivity contribution is 9.10. The lowest BCUT2D eigenvalue weighted by atomic mass is 10.2. The molecule has 5 nitrogen and oxygen atoms in total. The molecule has 1 heterocycles. The van der Waals surface area contributed by atoms with Gasteiger partial charge < -0.3 is 4.74 Å². The molecule has 0 unspecified atom stereocenters. The van der Waals surface area contributed by atoms with Gasteiger partial charge in [-0.15, -0.1) is 5.10 Å². The molecule has 0 bridgehead atoms. The fourth-order valence-electron chi connectivity index (χ4n) is 2.02. The lowest BCUT2D eigenvalue weighted by Crippen LogP contribution is -2.19. The van der Waals surface area contributed by atoms with Gasteiger partial charge in [-0.3, -0.25) is 10.1 Å². The van der Waals surface area contributed by atoms with E-state index in [-0.39, 0.29) is 5.91 Å². The van der Waals surface area contributed by atoms with Crippen molar-refractivity contribution in [2.75, 3.05) is 7.11 Å². The predicted molar refractivity (Wildman–Crippen MR) is 106 cm³/mol. The summed E-state index contributed by atoms with van der Waals surface area (Å²) in [6.07, 6.45) is 3.44. The Morgan fingerprint density at radius 2 is 1.76 bits per heavy atom. The maximum atomic E-state index is 12.0. The minimum absolute atomic E-state index is 0.175. The molecular weight excluding hydrogens is 402 g/mol. The smallest absolute Gasteiger partial charge is 0.264 e. The fourth-order valence-corrected chi connectivity index (χ4v) is 3.07. The number of methoxy groups -OCH3 is 1. The van der Waals surface area contributed by atoms with Crippen molar-refractivity contribution in [2.45, 2.75) is 0 Å². The van der Waals surface area contributed by atoms with Crippen molar-refractivity contribution in [3.63, 3.8) is 0 Å². The molecule has 0 atom stereocenters. The van der Waals surface area contributed by atoms with E-state index in [9.17, 15) is 4.79 Å². The topological polar surface area (TPSA) is 63.1 Å². The van der Waals surface area contributed by atoms with Gasteiger partial charge >= 0.3 is 0 Å². The van der Waals surface area contributed by atoms with E-state index in [4.69, 9.17) is 4.74 Å². The Morgan fingerprint density at radius 1 is 1.08 bits per heavy atom. The number of hydrogen-bond acceptors (Lipinski definition) is 5. The van der Waals surface area contributed by atoms with Gasteiger partial charge in [0.15, 0.2) is 5.17 Å². The molecular formula is C18H14BrN3O2S. The van der Waals surface area contributed by atoms with Crippen molar-refractivity contribution < 1.29 is 9.53 Å². The first-order valence-corrected chi connectivity index (χ1v) is 8.96. The third kappa shape index (κ3) is 4.80. The number of amides is 1. The zero-order chi connectivity index (χ0) is 17.6. The number of carbonyl (C=O) groups is 1. The Hall–Kier alpha value is -2.38. The second-order valence-electron chi connectivity index (χ2n) is 5.04. The molecule has 0 aromatic heterocycles. The summed E-state index contributed by atoms with van der Waals surface area (Å²) in [6.45, 7) is 0. The molecule has 1 N–H and O–H groups in total. The Balaban J connectivity index is 1.67. The van der Waals surface area contributed by atoms with E-state index in [1.165, 1.54) is 11.8 Å². The Bertz CT molecular complexity index is 859. The van der Waals surface area contributed by atoms with Crippen molar-refractivity contribution in [3.05, 3.63) is 69.0 Å². The number of nitrogens with one attached hydrogen (secondary N) is 1. The third-order valence-electron chi connectivity index (χ3n) is 3.29. The minimum Gasteiger partial charge on any atom is -0.497 e. The summed E-state index contributed by atoms with van der Waals surface area (Å²) < 4.78 is 6.10. The molecule has 2 aromatic carbocycles. The average Bonchev–Trinajstić information content (AvgIpc) is 2.97. The summed E-state index contributed by atoms with van der Waals surface area (Å²) in [7, 11) is 1.62. The Kier molecular flexibility index (Phi) is 5.67. The van der Waals surface area contributed by atoms with Crippen LogP contribution < -0.4 is 10.1 Å². The van der Waals surface area contributed by atoms with Crippen LogP contribution in [0.25, 0.3) is 6.08 Å². The van der Waals surface area contributed by atoms with Crippen molar-refractivity contribution in [2.24, 2.45) is 10.2 Å². The molecule has 25 heavy (non-hydrogen) atoms. The van der Waals surface area contributed by atoms with Crippen LogP contribution >= 0.6 is 27.7 Å². The van der Waals surface area contributed by atoms with Gasteiger partial charge in [0.1, 0.15) is 5.75 Å². The molecule has 1 amide bonds. The SMILES string of the molecule is COc1ccc(/C=N/N=C2\NC(=O)/C(=C\c3ccc(Br)cc3)S2)cc1. The highest BCUT2D eigenvalue weighted by Gasteiger charge is 2.23. The minimum atomic E-state index is -0.175. The van der Waals surface area contributed by atoms with Crippen LogP contribution in [0.15, 0.2) is 68.1 Å². The molecule has 0 aliphatic carbocycles. The molecule has 1 fully saturated rings. The van der Waals surface area contributed by atoms with E-state index in [0.717, 1.165) is 21.3 Å². The normalized spacial score (nSPS) is 17.4. The van der Waals surface area contributed by atoms with E-state index in [1.54, 1.807) is 13.3 Å². The highest BCUT2D eigenvalue weighted by atomic mass is 79.9. The largest absolute Gasteiger partial charge is 0.497 e. The first-order chi connectivity index (χ1) is 12.1. The second kappa shape index (κ2) is 8.13. The van der Waals surface area contributed by atoms with Crippen LogP contribution in [0.2, 0.25) is 0 Å². The predicted octanol–water partition coefficient (Wildman–Crippen LogP) is 4.05. The van der Waals surface area contributed by atoms with E-state index in [2.05, 4.69) is 31.4 Å². The summed E-state index contributed by atoms with van der Waals surface area (Å²) in [6, 6.07) is 15.2. The molecule has 7 heteroatoms. The second-order valence-corrected chi connectivity index (χ2v) is 6.99. The lowest BCUT2D eigenvalue weighted by molar-refractivity contribution is -0.115. The van der Waals surface area contributed by atoms with Gasteiger partial charge in [-0.25, -0.2) is 0 Å². The number of amidine groups is 1. The van der Waals surface area contributed by atoms with Crippen molar-refractivity contribution in [1.82, 2.24) is 5.32 Å². The molecule has 126 valence electrons. The van der Waals surface area contributed by atoms with Gasteiger partial charge in [0.05, 0.1) is 18.2 Å². The van der Waals surface area contributed by atoms with Crippen LogP contribution in [0.1, 0.15) is 11.1 Å². The first kappa shape index (κ1) is 17.4. The number of carbonyl (C=O) groups excluding carboxylic acids is 1. The van der Waals surface area contributed by atoms with E-state index < -0.39 is 0 Å². The molecule has 0 radical (unpaired) electrons. The lowest BCUT2D eigenvalue weighted by Gasteiger charge is -1.98. The van der Waals surface area contributed by atoms with E-state index in [1.807, 2.05) is 54.6 Å². The summed E-state index contributed by atoms with van der Waals surface area (Å²) in [5, 5.41) is 11.2. The fraction of sp³-hybridized carbons (Fsp3) is 0.0556. The Morgan fingerprint density at radius 3 is 2.44 bits per heavy atom. The maximum Gasteiger partial charge on any atom is 0.264 e. The van der Waals surface area contributed by atoms with Crippen LogP contribution in [0.5, 0.6) is 5.75 Å². The standard InChI is InChI=1S/C18H14BrN3O2S/c1-24-15-8-4-13(5-9-15)11-20-22-18-21-17(23)16(25-18)10-12-2-6-14(19)7-3-12/h2-11H,1H3,(H,21,22,23)/b16-10+,20-11+. The van der Waals surface area contributed by atoms with Gasteiger partial charge in [0.25, 0.3) is 5.91 Å². The number of rotatable bonds is 4. The van der Waals surface area contributed by atoms with E-state index >= 15 is 0 Å². The molecule has 1 aliphatic rings. The molecule has 0 spiro atoms. The van der Waals surface area contributed by atoms with Crippen molar-refractivity contribution >= 4 is 51.1 Å². The summed E-state index contributed by atoms with van der Waals surface area (Å²) in [4.78, 5) is 12.6. The number of benzene rings is 2. The van der Waals surface area contributed by atoms with Gasteiger partial charge in [0.2, 0.25) is 0 Å². The third-order valence-corrected chi connectivity index (χ3v) is 4.72. The Labute approximate surface area is 158 Å². The summed E-state index contributed by atoms with van der Waals surface area (Å²) in [5.74, 6) is 0.608. The molecule has 2 aromatic rings. The van der Waals surface area contributed by atoms with Crippen LogP contribution in [0, 0.1) is 0 Å². The molecule has 0 saturated carbocycles. The van der Waals surface area contributed by atoms with Crippen molar-refractivity contribution in [3.8, 4) is 5.75 Å². The van der Waals surface area contributed by atoms with Gasteiger partial charge in [-0.1, -0.05) is 28.1 Å². The summed E-state index contributed by atoms with van der Waals surface area (Å²) >= 11 is 4.65. The monoisotopic (exact) mass is 415 g/mol. The number of nitrogens with zero attached hydrogens (tertiary/aromatic N) is 2. The van der Waals surface area contributed by atoms with E-state index in [0.29, 0.717) is 10.1 Å². The first-order valence-electron chi connectivity index (χ1n) is 7.35. The molecule has 3 rings (SSSR count). The number of hydrogen-bond donors (Lipinski definition) is 1.